The van der Waals surface area contributed by atoms with Gasteiger partial charge in [0.1, 0.15) is 4.99 Å². The van der Waals surface area contributed by atoms with Crippen molar-refractivity contribution < 1.29 is 8.42 Å². The number of hydrogen-bond donors (Lipinski definition) is 1. The fraction of sp³-hybridized carbons (Fsp3) is 0.800. The summed E-state index contributed by atoms with van der Waals surface area (Å²) in [6, 6.07) is 0. The van der Waals surface area contributed by atoms with E-state index >= 15 is 0 Å². The Morgan fingerprint density at radius 3 is 1.80 bits per heavy atom. The molecule has 10 heavy (non-hydrogen) atoms. The SMILES string of the molecule is CCC(N)=S(=O)=O.CCCl. The van der Waals surface area contributed by atoms with Crippen molar-refractivity contribution in [1.82, 2.24) is 0 Å². The summed E-state index contributed by atoms with van der Waals surface area (Å²) in [6.45, 7) is 3.58. The Morgan fingerprint density at radius 1 is 1.50 bits per heavy atom. The third-order valence-electron chi connectivity index (χ3n) is 0.563. The van der Waals surface area contributed by atoms with Gasteiger partial charge in [0.25, 0.3) is 0 Å². The minimum Gasteiger partial charge on any atom is -0.293 e. The number of nitrogens with two attached hydrogens (primary N) is 1. The molecule has 0 bridgehead atoms. The van der Waals surface area contributed by atoms with Crippen LogP contribution in [0.4, 0.5) is 0 Å². The average molecular weight is 186 g/mol. The quantitative estimate of drug-likeness (QED) is 0.481. The summed E-state index contributed by atoms with van der Waals surface area (Å²) < 4.78 is 19.5. The second kappa shape index (κ2) is 8.94. The van der Waals surface area contributed by atoms with Gasteiger partial charge in [-0.3, -0.25) is 5.73 Å². The molecule has 0 aliphatic rings. The fourth-order valence-corrected chi connectivity index (χ4v) is 0.354. The van der Waals surface area contributed by atoms with Crippen molar-refractivity contribution in [3.63, 3.8) is 0 Å². The van der Waals surface area contributed by atoms with Crippen LogP contribution in [0.15, 0.2) is 0 Å². The molecule has 0 aliphatic carbocycles. The van der Waals surface area contributed by atoms with Crippen LogP contribution in [0.1, 0.15) is 20.3 Å². The van der Waals surface area contributed by atoms with Crippen molar-refractivity contribution >= 4 is 26.9 Å². The molecule has 0 radical (unpaired) electrons. The first-order chi connectivity index (χ1) is 4.59. The van der Waals surface area contributed by atoms with E-state index in [9.17, 15) is 8.42 Å². The van der Waals surface area contributed by atoms with Crippen LogP contribution in [0.3, 0.4) is 0 Å². The predicted molar refractivity (Wildman–Crippen MR) is 44.8 cm³/mol. The third kappa shape index (κ3) is 10.8. The summed E-state index contributed by atoms with van der Waals surface area (Å²) in [4.78, 5) is 0.0139. The van der Waals surface area contributed by atoms with Gasteiger partial charge in [-0.15, -0.1) is 11.6 Å². The van der Waals surface area contributed by atoms with E-state index in [4.69, 9.17) is 17.3 Å². The summed E-state index contributed by atoms with van der Waals surface area (Å²) in [5.41, 5.74) is 4.92. The Morgan fingerprint density at radius 2 is 1.80 bits per heavy atom. The van der Waals surface area contributed by atoms with Gasteiger partial charge in [-0.2, -0.15) is 8.42 Å². The van der Waals surface area contributed by atoms with Gasteiger partial charge in [0, 0.05) is 5.88 Å². The molecule has 0 unspecified atom stereocenters. The van der Waals surface area contributed by atoms with Crippen molar-refractivity contribution in [2.45, 2.75) is 20.3 Å². The van der Waals surface area contributed by atoms with E-state index in [1.54, 1.807) is 6.92 Å². The molecule has 0 amide bonds. The Bertz CT molecular complexity index is 178. The van der Waals surface area contributed by atoms with Crippen molar-refractivity contribution in [2.75, 3.05) is 5.88 Å². The lowest BCUT2D eigenvalue weighted by molar-refractivity contribution is 0.626. The van der Waals surface area contributed by atoms with E-state index in [0.29, 0.717) is 6.42 Å². The summed E-state index contributed by atoms with van der Waals surface area (Å²) in [5, 5.41) is 0. The maximum Gasteiger partial charge on any atom is 0.227 e. The van der Waals surface area contributed by atoms with Gasteiger partial charge >= 0.3 is 0 Å². The van der Waals surface area contributed by atoms with Crippen LogP contribution in [-0.4, -0.2) is 19.3 Å². The summed E-state index contributed by atoms with van der Waals surface area (Å²) in [5.74, 6) is 0.722. The van der Waals surface area contributed by atoms with Crippen LogP contribution in [0, 0.1) is 0 Å². The smallest absolute Gasteiger partial charge is 0.227 e. The zero-order valence-corrected chi connectivity index (χ0v) is 7.67. The Kier molecular flexibility index (Phi) is 11.3. The minimum atomic E-state index is -2.17. The molecule has 62 valence electrons. The first-order valence-electron chi connectivity index (χ1n) is 2.86. The molecule has 3 nitrogen and oxygen atoms in total. The largest absolute Gasteiger partial charge is 0.293 e. The molecule has 5 heteroatoms. The highest BCUT2D eigenvalue weighted by molar-refractivity contribution is 7.72. The molecule has 0 saturated heterocycles. The lowest BCUT2D eigenvalue weighted by Crippen LogP contribution is -2.09. The van der Waals surface area contributed by atoms with Crippen molar-refractivity contribution in [1.29, 1.82) is 0 Å². The Labute approximate surface area is 67.7 Å². The monoisotopic (exact) mass is 185 g/mol. The zero-order valence-electron chi connectivity index (χ0n) is 6.09. The highest BCUT2D eigenvalue weighted by Crippen LogP contribution is 1.67. The minimum absolute atomic E-state index is 0.0139. The van der Waals surface area contributed by atoms with Crippen LogP contribution >= 0.6 is 11.6 Å². The van der Waals surface area contributed by atoms with Gasteiger partial charge in [-0.1, -0.05) is 13.8 Å². The predicted octanol–water partition coefficient (Wildman–Crippen LogP) is 0.609. The second-order valence-electron chi connectivity index (χ2n) is 1.32. The van der Waals surface area contributed by atoms with E-state index in [1.807, 2.05) is 6.92 Å². The normalized spacial score (nSPS) is 7.60. The summed E-state index contributed by atoms with van der Waals surface area (Å²) >= 11 is 5.00. The van der Waals surface area contributed by atoms with Gasteiger partial charge in [0.05, 0.1) is 0 Å². The number of hydrogen-bond acceptors (Lipinski definition) is 2. The van der Waals surface area contributed by atoms with E-state index in [2.05, 4.69) is 0 Å². The average Bonchev–Trinajstić information content (AvgIpc) is 1.88. The number of halogens is 1. The van der Waals surface area contributed by atoms with Gasteiger partial charge in [0.15, 0.2) is 0 Å². The second-order valence-corrected chi connectivity index (χ2v) is 2.85. The van der Waals surface area contributed by atoms with Gasteiger partial charge < -0.3 is 0 Å². The number of rotatable bonds is 1. The first kappa shape index (κ1) is 12.6. The van der Waals surface area contributed by atoms with Gasteiger partial charge in [-0.25, -0.2) is 0 Å². The highest BCUT2D eigenvalue weighted by atomic mass is 35.5. The van der Waals surface area contributed by atoms with Crippen molar-refractivity contribution in [3.05, 3.63) is 0 Å². The Hall–Kier alpha value is -0.0600. The zero-order chi connectivity index (χ0) is 8.57. The molecule has 0 atom stereocenters. The highest BCUT2D eigenvalue weighted by Gasteiger charge is 1.82. The molecule has 2 N–H and O–H groups in total. The summed E-state index contributed by atoms with van der Waals surface area (Å²) in [7, 11) is -2.17. The molecule has 0 spiro atoms. The molecule has 0 rings (SSSR count). The van der Waals surface area contributed by atoms with E-state index in [0.717, 1.165) is 5.88 Å². The lowest BCUT2D eigenvalue weighted by atomic mass is 10.5. The van der Waals surface area contributed by atoms with Crippen molar-refractivity contribution in [3.8, 4) is 0 Å². The molecule has 0 aromatic carbocycles. The van der Waals surface area contributed by atoms with Crippen LogP contribution in [0.5, 0.6) is 0 Å². The fourth-order valence-electron chi connectivity index (χ4n) is 0.118. The molecule has 0 aromatic heterocycles. The molecule has 0 fully saturated rings. The topological polar surface area (TPSA) is 60.2 Å². The standard InChI is InChI=1S/C3H7NO2S.C2H5Cl/c1-2-3(4)7(5)6;1-2-3/h2,4H2,1H3;2H2,1H3. The lowest BCUT2D eigenvalue weighted by Gasteiger charge is -1.77. The van der Waals surface area contributed by atoms with Crippen LogP contribution in [0.25, 0.3) is 0 Å². The first-order valence-corrected chi connectivity index (χ1v) is 4.47. The van der Waals surface area contributed by atoms with Crippen LogP contribution in [0.2, 0.25) is 0 Å². The van der Waals surface area contributed by atoms with E-state index in [1.165, 1.54) is 0 Å². The maximum absolute atomic E-state index is 9.77. The van der Waals surface area contributed by atoms with E-state index in [-0.39, 0.29) is 4.99 Å². The van der Waals surface area contributed by atoms with Gasteiger partial charge in [-0.05, 0) is 6.42 Å². The molecule has 0 aliphatic heterocycles. The molecular weight excluding hydrogens is 174 g/mol. The molecule has 0 saturated carbocycles. The molecule has 0 aromatic rings. The van der Waals surface area contributed by atoms with Crippen LogP contribution in [-0.2, 0) is 10.3 Å². The van der Waals surface area contributed by atoms with Crippen molar-refractivity contribution in [2.24, 2.45) is 5.73 Å². The Balaban J connectivity index is 0. The summed E-state index contributed by atoms with van der Waals surface area (Å²) in [6.07, 6.45) is 0.399. The third-order valence-corrected chi connectivity index (χ3v) is 1.28. The van der Waals surface area contributed by atoms with Gasteiger partial charge in [0.2, 0.25) is 10.3 Å². The maximum atomic E-state index is 9.77. The number of alkyl halides is 1. The van der Waals surface area contributed by atoms with Crippen LogP contribution < -0.4 is 5.73 Å². The molecular formula is C5H12ClNO2S. The molecule has 0 heterocycles. The van der Waals surface area contributed by atoms with E-state index < -0.39 is 10.3 Å².